The zero-order valence-corrected chi connectivity index (χ0v) is 51.0. The summed E-state index contributed by atoms with van der Waals surface area (Å²) >= 11 is 0. The Bertz CT molecular complexity index is 2420. The van der Waals surface area contributed by atoms with Crippen molar-refractivity contribution >= 4 is 46.9 Å². The van der Waals surface area contributed by atoms with Gasteiger partial charge >= 0.3 is 0 Å². The molecule has 3 aromatic carbocycles. The van der Waals surface area contributed by atoms with Crippen LogP contribution >= 0.6 is 0 Å². The van der Waals surface area contributed by atoms with Gasteiger partial charge in [0.2, 0.25) is 24.1 Å². The van der Waals surface area contributed by atoms with Crippen LogP contribution in [-0.2, 0) is 68.2 Å². The first-order valence-corrected chi connectivity index (χ1v) is 30.6. The second-order valence-electron chi connectivity index (χ2n) is 20.7. The number of hydrogen-bond acceptors (Lipinski definition) is 22. The zero-order valence-electron chi connectivity index (χ0n) is 51.0. The summed E-state index contributed by atoms with van der Waals surface area (Å²) in [6.45, 7) is 16.4. The van der Waals surface area contributed by atoms with E-state index < -0.39 is 51.7 Å². The second kappa shape index (κ2) is 48.1. The summed E-state index contributed by atoms with van der Waals surface area (Å²) in [5, 5.41) is 23.3. The van der Waals surface area contributed by atoms with Crippen molar-refractivity contribution in [3.63, 3.8) is 0 Å². The van der Waals surface area contributed by atoms with E-state index in [4.69, 9.17) is 48.4 Å². The lowest BCUT2D eigenvalue weighted by molar-refractivity contribution is -0.133. The minimum absolute atomic E-state index is 0.0583. The van der Waals surface area contributed by atoms with Crippen molar-refractivity contribution in [3.8, 4) is 0 Å². The summed E-state index contributed by atoms with van der Waals surface area (Å²) in [7, 11) is 0. The van der Waals surface area contributed by atoms with Crippen LogP contribution in [0.25, 0.3) is 0 Å². The minimum Gasteiger partial charge on any atom is -0.380 e. The van der Waals surface area contributed by atoms with Crippen molar-refractivity contribution in [2.45, 2.75) is 110 Å². The molecule has 3 aromatic rings. The summed E-state index contributed by atoms with van der Waals surface area (Å²) < 4.78 is 50.1. The van der Waals surface area contributed by atoms with Crippen molar-refractivity contribution in [1.29, 1.82) is 0 Å². The molecule has 0 aliphatic heterocycles. The van der Waals surface area contributed by atoms with Crippen molar-refractivity contribution < 1.29 is 61.8 Å². The third-order valence-electron chi connectivity index (χ3n) is 13.1. The first kappa shape index (κ1) is 74.3. The molecule has 3 atom stereocenters. The Balaban J connectivity index is 1.13. The summed E-state index contributed by atoms with van der Waals surface area (Å²) in [4.78, 5) is 99.9. The van der Waals surface area contributed by atoms with Gasteiger partial charge in [-0.2, -0.15) is 0 Å². The molecule has 0 unspecified atom stereocenters. The van der Waals surface area contributed by atoms with Gasteiger partial charge < -0.3 is 90.9 Å². The molecule has 0 saturated carbocycles. The van der Waals surface area contributed by atoms with E-state index in [9.17, 15) is 38.4 Å². The molecule has 0 saturated heterocycles. The first-order valence-electron chi connectivity index (χ1n) is 30.6. The fourth-order valence-electron chi connectivity index (χ4n) is 8.42. The molecule has 0 bridgehead atoms. The Labute approximate surface area is 505 Å². The molecule has 0 aliphatic carbocycles. The van der Waals surface area contributed by atoms with Gasteiger partial charge in [0, 0.05) is 78.8 Å². The molecule has 486 valence electrons. The standard InChI is InChI=1S/C60H99N9O17/c1-4-5-17-47(67-44-70)59(76)68-48(42-45(2)3)60(77)69-49(43-46-15-7-6-8-16-46)58(75)66-23-14-29-83-35-41-86-40-34-82-28-13-22-65-53-52(56(73)57(53)74)64-21-12-27-81-33-39-85-38-32-80-26-11-20-63-51-50(54(71)55(51)72)62-19-10-25-79-31-37-84-36-30-78-24-9-18-61/h6-8,15-16,44-45,47-49,62-65H,4-5,9-14,17-43,61H2,1-3H3,(H,66,75)(H,67,70)(H,68,76)(H,69,77)/t47-,48-,49-/m0/s1. The number of carbonyl (C=O) groups is 4. The number of amides is 4. The molecule has 10 N–H and O–H groups in total. The van der Waals surface area contributed by atoms with Gasteiger partial charge in [-0.15, -0.1) is 0 Å². The maximum absolute atomic E-state index is 13.6. The Morgan fingerprint density at radius 2 is 0.802 bits per heavy atom. The molecule has 0 heterocycles. The van der Waals surface area contributed by atoms with E-state index >= 15 is 0 Å². The average molecular weight is 1220 g/mol. The number of nitrogens with one attached hydrogen (secondary N) is 8. The average Bonchev–Trinajstić information content (AvgIpc) is 1.95. The van der Waals surface area contributed by atoms with Crippen LogP contribution in [0.1, 0.15) is 90.5 Å². The van der Waals surface area contributed by atoms with Crippen LogP contribution in [0.15, 0.2) is 49.5 Å². The fourth-order valence-corrected chi connectivity index (χ4v) is 8.42. The monoisotopic (exact) mass is 1220 g/mol. The van der Waals surface area contributed by atoms with Crippen LogP contribution < -0.4 is 70.0 Å². The molecule has 0 aromatic heterocycles. The summed E-state index contributed by atoms with van der Waals surface area (Å²) in [6.07, 6.45) is 6.93. The van der Waals surface area contributed by atoms with Gasteiger partial charge in [0.25, 0.3) is 21.7 Å². The molecule has 26 heteroatoms. The predicted octanol–water partition coefficient (Wildman–Crippen LogP) is 1.35. The lowest BCUT2D eigenvalue weighted by Crippen LogP contribution is -2.57. The van der Waals surface area contributed by atoms with Gasteiger partial charge in [-0.25, -0.2) is 0 Å². The fraction of sp³-hybridized carbons (Fsp3) is 0.700. The van der Waals surface area contributed by atoms with E-state index in [0.29, 0.717) is 221 Å². The van der Waals surface area contributed by atoms with E-state index in [0.717, 1.165) is 24.8 Å². The topological polar surface area (TPSA) is 342 Å². The normalized spacial score (nSPS) is 12.5. The first-order chi connectivity index (χ1) is 41.9. The highest BCUT2D eigenvalue weighted by atomic mass is 16.6. The van der Waals surface area contributed by atoms with Crippen LogP contribution in [0.5, 0.6) is 0 Å². The molecule has 0 spiro atoms. The SMILES string of the molecule is CCCC[C@H](NC=O)C(=O)N[C@@H](CC(C)C)C(=O)N[C@@H](Cc1ccccc1)C(=O)NCCCOCCOCCOCCCNc1c(NCCCOCCOCCOCCCNc2c(NCCCOCCOCCOCCCN)c(=O)c2=O)c(=O)c1=O. The van der Waals surface area contributed by atoms with E-state index in [2.05, 4.69) is 42.5 Å². The maximum atomic E-state index is 13.6. The summed E-state index contributed by atoms with van der Waals surface area (Å²) in [5.41, 5.74) is 5.27. The number of benzene rings is 1. The van der Waals surface area contributed by atoms with E-state index in [1.54, 1.807) is 0 Å². The smallest absolute Gasteiger partial charge is 0.253 e. The molecule has 0 aliphatic rings. The Morgan fingerprint density at radius 3 is 1.16 bits per heavy atom. The summed E-state index contributed by atoms with van der Waals surface area (Å²) in [6, 6.07) is 6.76. The van der Waals surface area contributed by atoms with Crippen LogP contribution in [0.3, 0.4) is 0 Å². The van der Waals surface area contributed by atoms with Crippen LogP contribution in [0, 0.1) is 5.92 Å². The lowest BCUT2D eigenvalue weighted by Gasteiger charge is -2.26. The highest BCUT2D eigenvalue weighted by molar-refractivity contribution is 5.93. The molecule has 86 heavy (non-hydrogen) atoms. The van der Waals surface area contributed by atoms with Crippen LogP contribution in [-0.4, -0.2) is 200 Å². The highest BCUT2D eigenvalue weighted by Crippen LogP contribution is 2.16. The van der Waals surface area contributed by atoms with Gasteiger partial charge in [0.1, 0.15) is 40.9 Å². The van der Waals surface area contributed by atoms with Gasteiger partial charge in [-0.05, 0) is 69.4 Å². The molecular formula is C60H99N9O17. The highest BCUT2D eigenvalue weighted by Gasteiger charge is 2.30. The molecular weight excluding hydrogens is 1120 g/mol. The molecule has 0 radical (unpaired) electrons. The largest absolute Gasteiger partial charge is 0.380 e. The second-order valence-corrected chi connectivity index (χ2v) is 20.7. The predicted molar refractivity (Wildman–Crippen MR) is 330 cm³/mol. The van der Waals surface area contributed by atoms with Crippen molar-refractivity contribution in [1.82, 2.24) is 21.3 Å². The number of anilines is 4. The Morgan fingerprint density at radius 1 is 0.453 bits per heavy atom. The maximum Gasteiger partial charge on any atom is 0.253 e. The molecule has 26 nitrogen and oxygen atoms in total. The van der Waals surface area contributed by atoms with E-state index in [1.165, 1.54) is 0 Å². The van der Waals surface area contributed by atoms with Gasteiger partial charge in [0.05, 0.1) is 79.3 Å². The third-order valence-corrected chi connectivity index (χ3v) is 13.1. The van der Waals surface area contributed by atoms with E-state index in [1.807, 2.05) is 51.1 Å². The van der Waals surface area contributed by atoms with Crippen LogP contribution in [0.2, 0.25) is 0 Å². The Kier molecular flexibility index (Phi) is 41.6. The zero-order chi connectivity index (χ0) is 62.2. The summed E-state index contributed by atoms with van der Waals surface area (Å²) in [5.74, 6) is -1.23. The third kappa shape index (κ3) is 32.2. The number of nitrogens with two attached hydrogens (primary N) is 1. The molecule has 0 fully saturated rings. The number of unbranched alkanes of at least 4 members (excludes halogenated alkanes) is 1. The van der Waals surface area contributed by atoms with Gasteiger partial charge in [-0.1, -0.05) is 63.9 Å². The molecule has 3 rings (SSSR count). The molecule has 4 amide bonds. The van der Waals surface area contributed by atoms with Crippen molar-refractivity contribution in [2.75, 3.05) is 179 Å². The minimum atomic E-state index is -0.907. The number of ether oxygens (including phenoxy) is 9. The lowest BCUT2D eigenvalue weighted by atomic mass is 10.00. The number of hydrogen-bond donors (Lipinski definition) is 9. The van der Waals surface area contributed by atoms with Crippen molar-refractivity contribution in [3.05, 3.63) is 76.8 Å². The van der Waals surface area contributed by atoms with Crippen molar-refractivity contribution in [2.24, 2.45) is 11.7 Å². The number of rotatable bonds is 59. The van der Waals surface area contributed by atoms with Crippen LogP contribution in [0.4, 0.5) is 22.7 Å². The van der Waals surface area contributed by atoms with Gasteiger partial charge in [-0.3, -0.25) is 38.4 Å². The van der Waals surface area contributed by atoms with Gasteiger partial charge in [0.15, 0.2) is 0 Å². The quantitative estimate of drug-likeness (QED) is 0.0219. The Hall–Kier alpha value is -5.94. The number of carbonyl (C=O) groups excluding carboxylic acids is 4. The van der Waals surface area contributed by atoms with E-state index in [-0.39, 0.29) is 29.6 Å².